The standard InChI is InChI=1S/C15H27N3O/c19-15(17-10-7-16-8-11-17)12-18-9-3-5-13-4-1-2-6-14(13)18/h13-14,16H,1-12H2/t13-,14-/m1/s1. The summed E-state index contributed by atoms with van der Waals surface area (Å²) in [4.78, 5) is 16.9. The predicted octanol–water partition coefficient (Wildman–Crippen LogP) is 1.07. The van der Waals surface area contributed by atoms with Gasteiger partial charge in [0.2, 0.25) is 5.91 Å². The van der Waals surface area contributed by atoms with Crippen LogP contribution < -0.4 is 5.32 Å². The molecule has 0 bridgehead atoms. The first-order chi connectivity index (χ1) is 9.34. The van der Waals surface area contributed by atoms with Crippen molar-refractivity contribution in [3.8, 4) is 0 Å². The summed E-state index contributed by atoms with van der Waals surface area (Å²) in [5.74, 6) is 1.23. The molecular weight excluding hydrogens is 238 g/mol. The van der Waals surface area contributed by atoms with Crippen LogP contribution >= 0.6 is 0 Å². The third kappa shape index (κ3) is 3.11. The van der Waals surface area contributed by atoms with Gasteiger partial charge in [0, 0.05) is 32.2 Å². The highest BCUT2D eigenvalue weighted by Gasteiger charge is 2.34. The highest BCUT2D eigenvalue weighted by atomic mass is 16.2. The van der Waals surface area contributed by atoms with Crippen molar-refractivity contribution in [1.82, 2.24) is 15.1 Å². The maximum absolute atomic E-state index is 12.4. The van der Waals surface area contributed by atoms with Crippen molar-refractivity contribution in [2.75, 3.05) is 39.3 Å². The number of likely N-dealkylation sites (tertiary alicyclic amines) is 1. The van der Waals surface area contributed by atoms with Crippen LogP contribution in [-0.4, -0.2) is 61.0 Å². The van der Waals surface area contributed by atoms with Crippen molar-refractivity contribution in [2.24, 2.45) is 5.92 Å². The summed E-state index contributed by atoms with van der Waals surface area (Å²) in [7, 11) is 0. The van der Waals surface area contributed by atoms with Crippen molar-refractivity contribution in [2.45, 2.75) is 44.6 Å². The fourth-order valence-electron chi connectivity index (χ4n) is 4.11. The van der Waals surface area contributed by atoms with E-state index < -0.39 is 0 Å². The van der Waals surface area contributed by atoms with Gasteiger partial charge in [-0.15, -0.1) is 0 Å². The van der Waals surface area contributed by atoms with Crippen LogP contribution in [0.3, 0.4) is 0 Å². The zero-order valence-electron chi connectivity index (χ0n) is 11.9. The highest BCUT2D eigenvalue weighted by Crippen LogP contribution is 2.35. The second-order valence-corrected chi connectivity index (χ2v) is 6.36. The Labute approximate surface area is 116 Å². The Balaban J connectivity index is 1.56. The van der Waals surface area contributed by atoms with E-state index in [0.29, 0.717) is 18.5 Å². The van der Waals surface area contributed by atoms with Gasteiger partial charge in [-0.3, -0.25) is 9.69 Å². The van der Waals surface area contributed by atoms with Gasteiger partial charge < -0.3 is 10.2 Å². The molecule has 2 aliphatic heterocycles. The lowest BCUT2D eigenvalue weighted by Gasteiger charge is -2.44. The molecular formula is C15H27N3O. The Bertz CT molecular complexity index is 313. The van der Waals surface area contributed by atoms with E-state index in [0.717, 1.165) is 38.6 Å². The second-order valence-electron chi connectivity index (χ2n) is 6.36. The second kappa shape index (κ2) is 6.23. The van der Waals surface area contributed by atoms with E-state index in [1.54, 1.807) is 0 Å². The first-order valence-electron chi connectivity index (χ1n) is 8.07. The minimum absolute atomic E-state index is 0.354. The van der Waals surface area contributed by atoms with E-state index >= 15 is 0 Å². The summed E-state index contributed by atoms with van der Waals surface area (Å²) in [5, 5.41) is 3.31. The molecule has 19 heavy (non-hydrogen) atoms. The molecule has 3 fully saturated rings. The minimum atomic E-state index is 0.354. The number of nitrogens with one attached hydrogen (secondary N) is 1. The number of fused-ring (bicyclic) bond motifs is 1. The largest absolute Gasteiger partial charge is 0.339 e. The molecule has 2 saturated heterocycles. The Hall–Kier alpha value is -0.610. The lowest BCUT2D eigenvalue weighted by atomic mass is 9.78. The highest BCUT2D eigenvalue weighted by molar-refractivity contribution is 5.78. The van der Waals surface area contributed by atoms with Crippen LogP contribution in [0.4, 0.5) is 0 Å². The lowest BCUT2D eigenvalue weighted by molar-refractivity contribution is -0.134. The van der Waals surface area contributed by atoms with Crippen LogP contribution in [-0.2, 0) is 4.79 Å². The van der Waals surface area contributed by atoms with E-state index in [1.165, 1.54) is 38.5 Å². The molecule has 1 N–H and O–H groups in total. The molecule has 0 radical (unpaired) electrons. The van der Waals surface area contributed by atoms with Crippen LogP contribution in [0.25, 0.3) is 0 Å². The average Bonchev–Trinajstić information content (AvgIpc) is 2.48. The summed E-state index contributed by atoms with van der Waals surface area (Å²) in [6, 6.07) is 0.703. The molecule has 0 aromatic rings. The number of piperazine rings is 1. The number of piperidine rings is 1. The Morgan fingerprint density at radius 3 is 2.58 bits per heavy atom. The fraction of sp³-hybridized carbons (Fsp3) is 0.933. The molecule has 4 heteroatoms. The molecule has 0 unspecified atom stereocenters. The van der Waals surface area contributed by atoms with Gasteiger partial charge in [0.05, 0.1) is 6.54 Å². The molecule has 0 spiro atoms. The molecule has 1 saturated carbocycles. The topological polar surface area (TPSA) is 35.6 Å². The van der Waals surface area contributed by atoms with E-state index in [2.05, 4.69) is 10.2 Å². The fourth-order valence-corrected chi connectivity index (χ4v) is 4.11. The average molecular weight is 265 g/mol. The molecule has 4 nitrogen and oxygen atoms in total. The van der Waals surface area contributed by atoms with Crippen LogP contribution in [0.15, 0.2) is 0 Å². The van der Waals surface area contributed by atoms with Gasteiger partial charge in [-0.25, -0.2) is 0 Å². The summed E-state index contributed by atoms with van der Waals surface area (Å²) in [6.45, 7) is 5.50. The molecule has 2 atom stereocenters. The van der Waals surface area contributed by atoms with Crippen LogP contribution in [0.2, 0.25) is 0 Å². The van der Waals surface area contributed by atoms with Gasteiger partial charge in [0.1, 0.15) is 0 Å². The quantitative estimate of drug-likeness (QED) is 0.811. The number of amides is 1. The monoisotopic (exact) mass is 265 g/mol. The van der Waals surface area contributed by atoms with Crippen molar-refractivity contribution >= 4 is 5.91 Å². The van der Waals surface area contributed by atoms with Crippen LogP contribution in [0.1, 0.15) is 38.5 Å². The molecule has 108 valence electrons. The molecule has 2 heterocycles. The zero-order valence-corrected chi connectivity index (χ0v) is 11.9. The third-order valence-corrected chi connectivity index (χ3v) is 5.17. The molecule has 1 aliphatic carbocycles. The van der Waals surface area contributed by atoms with E-state index in [9.17, 15) is 4.79 Å². The number of hydrogen-bond acceptors (Lipinski definition) is 3. The van der Waals surface area contributed by atoms with Crippen LogP contribution in [0.5, 0.6) is 0 Å². The van der Waals surface area contributed by atoms with Gasteiger partial charge in [-0.1, -0.05) is 12.8 Å². The Morgan fingerprint density at radius 1 is 1.00 bits per heavy atom. The van der Waals surface area contributed by atoms with Crippen LogP contribution in [0, 0.1) is 5.92 Å². The number of carbonyl (C=O) groups excluding carboxylic acids is 1. The summed E-state index contributed by atoms with van der Waals surface area (Å²) < 4.78 is 0. The summed E-state index contributed by atoms with van der Waals surface area (Å²) >= 11 is 0. The maximum Gasteiger partial charge on any atom is 0.236 e. The SMILES string of the molecule is O=C(CN1CCC[C@H]2CCCC[C@H]21)N1CCNCC1. The smallest absolute Gasteiger partial charge is 0.236 e. The van der Waals surface area contributed by atoms with Gasteiger partial charge in [0.15, 0.2) is 0 Å². The van der Waals surface area contributed by atoms with Gasteiger partial charge in [-0.05, 0) is 38.1 Å². The summed E-state index contributed by atoms with van der Waals surface area (Å²) in [5.41, 5.74) is 0. The number of nitrogens with zero attached hydrogens (tertiary/aromatic N) is 2. The lowest BCUT2D eigenvalue weighted by Crippen LogP contribution is -2.53. The first-order valence-corrected chi connectivity index (χ1v) is 8.07. The van der Waals surface area contributed by atoms with E-state index in [1.807, 2.05) is 4.90 Å². The molecule has 3 aliphatic rings. The number of carbonyl (C=O) groups is 1. The minimum Gasteiger partial charge on any atom is -0.339 e. The molecule has 0 aromatic heterocycles. The maximum atomic E-state index is 12.4. The molecule has 1 amide bonds. The van der Waals surface area contributed by atoms with Crippen molar-refractivity contribution < 1.29 is 4.79 Å². The summed E-state index contributed by atoms with van der Waals surface area (Å²) in [6.07, 6.45) is 8.15. The van der Waals surface area contributed by atoms with Crippen molar-refractivity contribution in [3.63, 3.8) is 0 Å². The first kappa shape index (κ1) is 13.4. The Morgan fingerprint density at radius 2 is 1.74 bits per heavy atom. The Kier molecular flexibility index (Phi) is 4.38. The normalized spacial score (nSPS) is 32.9. The number of hydrogen-bond donors (Lipinski definition) is 1. The molecule has 0 aromatic carbocycles. The van der Waals surface area contributed by atoms with Crippen molar-refractivity contribution in [1.29, 1.82) is 0 Å². The predicted molar refractivity (Wildman–Crippen MR) is 76.0 cm³/mol. The van der Waals surface area contributed by atoms with E-state index in [4.69, 9.17) is 0 Å². The third-order valence-electron chi connectivity index (χ3n) is 5.17. The number of rotatable bonds is 2. The van der Waals surface area contributed by atoms with E-state index in [-0.39, 0.29) is 0 Å². The van der Waals surface area contributed by atoms with Gasteiger partial charge in [-0.2, -0.15) is 0 Å². The van der Waals surface area contributed by atoms with Gasteiger partial charge >= 0.3 is 0 Å². The zero-order chi connectivity index (χ0) is 13.1. The van der Waals surface area contributed by atoms with Crippen molar-refractivity contribution in [3.05, 3.63) is 0 Å². The molecule has 3 rings (SSSR count). The van der Waals surface area contributed by atoms with Gasteiger partial charge in [0.25, 0.3) is 0 Å².